The van der Waals surface area contributed by atoms with Gasteiger partial charge in [-0.2, -0.15) is 5.26 Å². The number of thiazole rings is 1. The number of hydrogen-bond acceptors (Lipinski definition) is 5. The molecule has 2 aromatic heterocycles. The van der Waals surface area contributed by atoms with Crippen molar-refractivity contribution < 1.29 is 0 Å². The van der Waals surface area contributed by atoms with Crippen LogP contribution in [-0.4, -0.2) is 19.7 Å². The first-order valence-electron chi connectivity index (χ1n) is 6.07. The van der Waals surface area contributed by atoms with Crippen molar-refractivity contribution in [3.63, 3.8) is 0 Å². The lowest BCUT2D eigenvalue weighted by molar-refractivity contribution is 0.686. The lowest BCUT2D eigenvalue weighted by Gasteiger charge is -1.97. The summed E-state index contributed by atoms with van der Waals surface area (Å²) in [5, 5.41) is 13.8. The third-order valence-corrected chi connectivity index (χ3v) is 4.05. The molecule has 0 N–H and O–H groups in total. The Kier molecular flexibility index (Phi) is 3.27. The minimum absolute atomic E-state index is 0.190. The van der Waals surface area contributed by atoms with E-state index in [0.29, 0.717) is 6.54 Å². The molecular formula is C14H11N5S. The number of nitriles is 1. The fraction of sp³-hybridized carbons (Fsp3) is 0.143. The van der Waals surface area contributed by atoms with Gasteiger partial charge in [0.15, 0.2) is 0 Å². The van der Waals surface area contributed by atoms with Gasteiger partial charge in [-0.05, 0) is 6.92 Å². The summed E-state index contributed by atoms with van der Waals surface area (Å²) < 4.78 is 1.66. The van der Waals surface area contributed by atoms with E-state index in [9.17, 15) is 0 Å². The van der Waals surface area contributed by atoms with Crippen LogP contribution >= 0.6 is 11.3 Å². The van der Waals surface area contributed by atoms with Crippen LogP contribution in [0.25, 0.3) is 10.6 Å². The second-order valence-corrected chi connectivity index (χ2v) is 5.35. The summed E-state index contributed by atoms with van der Waals surface area (Å²) in [5.74, 6) is 0.190. The van der Waals surface area contributed by atoms with Crippen LogP contribution in [0.4, 0.5) is 0 Å². The van der Waals surface area contributed by atoms with Gasteiger partial charge in [0, 0.05) is 10.4 Å². The van der Waals surface area contributed by atoms with E-state index in [1.54, 1.807) is 22.3 Å². The van der Waals surface area contributed by atoms with Crippen LogP contribution in [-0.2, 0) is 6.54 Å². The van der Waals surface area contributed by atoms with Crippen molar-refractivity contribution in [1.82, 2.24) is 19.7 Å². The summed E-state index contributed by atoms with van der Waals surface area (Å²) in [4.78, 5) is 9.62. The molecule has 0 fully saturated rings. The van der Waals surface area contributed by atoms with Crippen molar-refractivity contribution in [2.24, 2.45) is 0 Å². The highest BCUT2D eigenvalue weighted by Crippen LogP contribution is 2.28. The van der Waals surface area contributed by atoms with Crippen LogP contribution in [0.2, 0.25) is 0 Å². The molecule has 3 aromatic rings. The normalized spacial score (nSPS) is 10.4. The number of benzene rings is 1. The molecular weight excluding hydrogens is 270 g/mol. The lowest BCUT2D eigenvalue weighted by atomic mass is 10.2. The van der Waals surface area contributed by atoms with E-state index in [1.807, 2.05) is 43.3 Å². The quantitative estimate of drug-likeness (QED) is 0.740. The highest BCUT2D eigenvalue weighted by molar-refractivity contribution is 7.15. The Morgan fingerprint density at radius 3 is 2.80 bits per heavy atom. The molecule has 0 aliphatic rings. The van der Waals surface area contributed by atoms with E-state index in [4.69, 9.17) is 5.26 Å². The maximum Gasteiger partial charge on any atom is 0.252 e. The van der Waals surface area contributed by atoms with Gasteiger partial charge >= 0.3 is 0 Å². The van der Waals surface area contributed by atoms with Crippen LogP contribution in [0.15, 0.2) is 36.7 Å². The monoisotopic (exact) mass is 281 g/mol. The SMILES string of the molecule is Cc1nc(-c2ccccc2)sc1Cn1cnc(C#N)n1. The molecule has 1 aromatic carbocycles. The van der Waals surface area contributed by atoms with Crippen molar-refractivity contribution in [1.29, 1.82) is 5.26 Å². The third kappa shape index (κ3) is 2.44. The highest BCUT2D eigenvalue weighted by Gasteiger charge is 2.10. The molecule has 2 heterocycles. The average Bonchev–Trinajstić information content (AvgIpc) is 3.08. The topological polar surface area (TPSA) is 67.4 Å². The van der Waals surface area contributed by atoms with Crippen LogP contribution in [0.5, 0.6) is 0 Å². The van der Waals surface area contributed by atoms with Crippen molar-refractivity contribution in [3.05, 3.63) is 53.1 Å². The van der Waals surface area contributed by atoms with Crippen LogP contribution in [0, 0.1) is 18.3 Å². The minimum atomic E-state index is 0.190. The van der Waals surface area contributed by atoms with Crippen molar-refractivity contribution in [2.45, 2.75) is 13.5 Å². The summed E-state index contributed by atoms with van der Waals surface area (Å²) in [5.41, 5.74) is 2.10. The third-order valence-electron chi connectivity index (χ3n) is 2.86. The second kappa shape index (κ2) is 5.23. The first kappa shape index (κ1) is 12.5. The van der Waals surface area contributed by atoms with Crippen LogP contribution < -0.4 is 0 Å². The van der Waals surface area contributed by atoms with Crippen molar-refractivity contribution in [3.8, 4) is 16.6 Å². The Bertz CT molecular complexity index is 766. The smallest absolute Gasteiger partial charge is 0.246 e. The van der Waals surface area contributed by atoms with E-state index < -0.39 is 0 Å². The molecule has 3 rings (SSSR count). The van der Waals surface area contributed by atoms with Crippen molar-refractivity contribution >= 4 is 11.3 Å². The molecule has 98 valence electrons. The molecule has 5 nitrogen and oxygen atoms in total. The van der Waals surface area contributed by atoms with Crippen LogP contribution in [0.1, 0.15) is 16.4 Å². The molecule has 0 saturated heterocycles. The van der Waals surface area contributed by atoms with Gasteiger partial charge in [0.05, 0.1) is 12.2 Å². The summed E-state index contributed by atoms with van der Waals surface area (Å²) in [7, 11) is 0. The zero-order valence-electron chi connectivity index (χ0n) is 10.8. The van der Waals surface area contributed by atoms with E-state index in [1.165, 1.54) is 0 Å². The Labute approximate surface area is 120 Å². The van der Waals surface area contributed by atoms with E-state index >= 15 is 0 Å². The van der Waals surface area contributed by atoms with Crippen LogP contribution in [0.3, 0.4) is 0 Å². The number of aromatic nitrogens is 4. The van der Waals surface area contributed by atoms with Gasteiger partial charge < -0.3 is 0 Å². The van der Waals surface area contributed by atoms with Gasteiger partial charge in [-0.1, -0.05) is 30.3 Å². The summed E-state index contributed by atoms with van der Waals surface area (Å²) in [6.45, 7) is 2.57. The Morgan fingerprint density at radius 1 is 1.30 bits per heavy atom. The fourth-order valence-electron chi connectivity index (χ4n) is 1.85. The fourth-order valence-corrected chi connectivity index (χ4v) is 2.91. The Balaban J connectivity index is 1.88. The number of rotatable bonds is 3. The summed E-state index contributed by atoms with van der Waals surface area (Å²) >= 11 is 1.64. The van der Waals surface area contributed by atoms with Gasteiger partial charge in [-0.15, -0.1) is 16.4 Å². The number of nitrogens with zero attached hydrogens (tertiary/aromatic N) is 5. The summed E-state index contributed by atoms with van der Waals surface area (Å²) in [6, 6.07) is 12.0. The summed E-state index contributed by atoms with van der Waals surface area (Å²) in [6.07, 6.45) is 1.57. The molecule has 0 unspecified atom stereocenters. The highest BCUT2D eigenvalue weighted by atomic mass is 32.1. The second-order valence-electron chi connectivity index (χ2n) is 4.27. The molecule has 0 spiro atoms. The number of aryl methyl sites for hydroxylation is 1. The standard InChI is InChI=1S/C14H11N5S/c1-10-12(8-19-9-16-13(7-15)18-19)20-14(17-10)11-5-3-2-4-6-11/h2-6,9H,8H2,1H3. The molecule has 0 aliphatic carbocycles. The minimum Gasteiger partial charge on any atom is -0.246 e. The average molecular weight is 281 g/mol. The predicted octanol–water partition coefficient (Wildman–Crippen LogP) is 2.63. The van der Waals surface area contributed by atoms with Gasteiger partial charge in [0.25, 0.3) is 5.82 Å². The van der Waals surface area contributed by atoms with E-state index in [2.05, 4.69) is 15.1 Å². The molecule has 0 bridgehead atoms. The molecule has 20 heavy (non-hydrogen) atoms. The van der Waals surface area contributed by atoms with Gasteiger partial charge in [-0.25, -0.2) is 14.6 Å². The molecule has 6 heteroatoms. The van der Waals surface area contributed by atoms with E-state index in [0.717, 1.165) is 21.1 Å². The zero-order chi connectivity index (χ0) is 13.9. The maximum atomic E-state index is 8.73. The largest absolute Gasteiger partial charge is 0.252 e. The first-order chi connectivity index (χ1) is 9.76. The van der Waals surface area contributed by atoms with Gasteiger partial charge in [0.2, 0.25) is 0 Å². The van der Waals surface area contributed by atoms with E-state index in [-0.39, 0.29) is 5.82 Å². The molecule has 0 radical (unpaired) electrons. The molecule has 0 aliphatic heterocycles. The lowest BCUT2D eigenvalue weighted by Crippen LogP contribution is -2.00. The molecule has 0 atom stereocenters. The first-order valence-corrected chi connectivity index (χ1v) is 6.89. The zero-order valence-corrected chi connectivity index (χ0v) is 11.6. The molecule has 0 amide bonds. The number of hydrogen-bond donors (Lipinski definition) is 0. The predicted molar refractivity (Wildman–Crippen MR) is 76.1 cm³/mol. The Hall–Kier alpha value is -2.52. The van der Waals surface area contributed by atoms with Gasteiger partial charge in [0.1, 0.15) is 17.4 Å². The maximum absolute atomic E-state index is 8.73. The Morgan fingerprint density at radius 2 is 2.10 bits per heavy atom. The molecule has 0 saturated carbocycles. The van der Waals surface area contributed by atoms with Gasteiger partial charge in [-0.3, -0.25) is 0 Å². The van der Waals surface area contributed by atoms with Crippen molar-refractivity contribution in [2.75, 3.05) is 0 Å².